The molecule has 0 aliphatic carbocycles. The molecule has 0 saturated heterocycles. The summed E-state index contributed by atoms with van der Waals surface area (Å²) in [6, 6.07) is 3.17. The van der Waals surface area contributed by atoms with E-state index in [1.54, 1.807) is 24.4 Å². The SMILES string of the molecule is CNCCC=Cc1ncccc1C(=O)O. The van der Waals surface area contributed by atoms with Crippen LogP contribution < -0.4 is 5.32 Å². The van der Waals surface area contributed by atoms with Gasteiger partial charge in [-0.15, -0.1) is 0 Å². The molecule has 0 radical (unpaired) electrons. The molecule has 0 aliphatic rings. The fourth-order valence-electron chi connectivity index (χ4n) is 1.15. The Labute approximate surface area is 88.7 Å². The minimum atomic E-state index is -0.948. The van der Waals surface area contributed by atoms with E-state index < -0.39 is 5.97 Å². The van der Waals surface area contributed by atoms with Crippen LogP contribution in [0.5, 0.6) is 0 Å². The fourth-order valence-corrected chi connectivity index (χ4v) is 1.15. The van der Waals surface area contributed by atoms with Crippen molar-refractivity contribution in [2.24, 2.45) is 0 Å². The molecule has 1 aromatic rings. The second kappa shape index (κ2) is 5.93. The van der Waals surface area contributed by atoms with Crippen molar-refractivity contribution < 1.29 is 9.90 Å². The third kappa shape index (κ3) is 3.52. The molecule has 0 saturated carbocycles. The predicted molar refractivity (Wildman–Crippen MR) is 58.8 cm³/mol. The second-order valence-corrected chi connectivity index (χ2v) is 3.04. The van der Waals surface area contributed by atoms with Crippen LogP contribution in [0.25, 0.3) is 6.08 Å². The molecule has 0 aromatic carbocycles. The van der Waals surface area contributed by atoms with E-state index >= 15 is 0 Å². The molecule has 80 valence electrons. The summed E-state index contributed by atoms with van der Waals surface area (Å²) in [6.07, 6.45) is 6.09. The van der Waals surface area contributed by atoms with E-state index in [1.165, 1.54) is 0 Å². The molecule has 0 unspecified atom stereocenters. The molecule has 0 spiro atoms. The number of hydrogen-bond donors (Lipinski definition) is 2. The lowest BCUT2D eigenvalue weighted by molar-refractivity contribution is 0.0696. The normalized spacial score (nSPS) is 10.7. The van der Waals surface area contributed by atoms with E-state index in [-0.39, 0.29) is 5.56 Å². The van der Waals surface area contributed by atoms with Crippen LogP contribution in [0.4, 0.5) is 0 Å². The van der Waals surface area contributed by atoms with Crippen molar-refractivity contribution in [2.75, 3.05) is 13.6 Å². The summed E-state index contributed by atoms with van der Waals surface area (Å²) >= 11 is 0. The van der Waals surface area contributed by atoms with E-state index in [0.29, 0.717) is 5.69 Å². The largest absolute Gasteiger partial charge is 0.478 e. The van der Waals surface area contributed by atoms with Gasteiger partial charge in [0, 0.05) is 6.20 Å². The maximum atomic E-state index is 10.8. The molecule has 1 heterocycles. The van der Waals surface area contributed by atoms with Crippen LogP contribution in [0.15, 0.2) is 24.4 Å². The quantitative estimate of drug-likeness (QED) is 0.715. The summed E-state index contributed by atoms with van der Waals surface area (Å²) in [5.41, 5.74) is 0.735. The van der Waals surface area contributed by atoms with Crippen molar-refractivity contribution in [3.8, 4) is 0 Å². The van der Waals surface area contributed by atoms with Gasteiger partial charge in [0.15, 0.2) is 0 Å². The molecule has 1 aromatic heterocycles. The summed E-state index contributed by atoms with van der Waals surface area (Å²) in [4.78, 5) is 14.8. The van der Waals surface area contributed by atoms with Gasteiger partial charge in [0.1, 0.15) is 0 Å². The monoisotopic (exact) mass is 206 g/mol. The van der Waals surface area contributed by atoms with Gasteiger partial charge in [-0.3, -0.25) is 4.98 Å². The topological polar surface area (TPSA) is 62.2 Å². The van der Waals surface area contributed by atoms with Crippen LogP contribution in [0.1, 0.15) is 22.5 Å². The molecule has 0 atom stereocenters. The number of pyridine rings is 1. The first kappa shape index (κ1) is 11.4. The molecule has 2 N–H and O–H groups in total. The molecule has 1 rings (SSSR count). The Bertz CT molecular complexity index is 361. The lowest BCUT2D eigenvalue weighted by Gasteiger charge is -1.98. The average Bonchev–Trinajstić information content (AvgIpc) is 2.25. The summed E-state index contributed by atoms with van der Waals surface area (Å²) in [7, 11) is 1.87. The van der Waals surface area contributed by atoms with Gasteiger partial charge < -0.3 is 10.4 Å². The molecule has 4 heteroatoms. The van der Waals surface area contributed by atoms with Gasteiger partial charge in [0.05, 0.1) is 11.3 Å². The van der Waals surface area contributed by atoms with Crippen molar-refractivity contribution in [2.45, 2.75) is 6.42 Å². The van der Waals surface area contributed by atoms with Gasteiger partial charge in [-0.25, -0.2) is 4.79 Å². The lowest BCUT2D eigenvalue weighted by atomic mass is 10.2. The minimum absolute atomic E-state index is 0.234. The summed E-state index contributed by atoms with van der Waals surface area (Å²) in [5.74, 6) is -0.948. The highest BCUT2D eigenvalue weighted by atomic mass is 16.4. The lowest BCUT2D eigenvalue weighted by Crippen LogP contribution is -2.06. The minimum Gasteiger partial charge on any atom is -0.478 e. The standard InChI is InChI=1S/C11H14N2O2/c1-12-7-3-2-6-10-9(11(14)15)5-4-8-13-10/h2,4-6,8,12H,3,7H2,1H3,(H,14,15). The van der Waals surface area contributed by atoms with Crippen molar-refractivity contribution >= 4 is 12.0 Å². The Morgan fingerprint density at radius 2 is 2.47 bits per heavy atom. The first-order chi connectivity index (χ1) is 7.25. The molecule has 4 nitrogen and oxygen atoms in total. The summed E-state index contributed by atoms with van der Waals surface area (Å²) < 4.78 is 0. The molecule has 0 amide bonds. The van der Waals surface area contributed by atoms with E-state index in [0.717, 1.165) is 13.0 Å². The second-order valence-electron chi connectivity index (χ2n) is 3.04. The first-order valence-electron chi connectivity index (χ1n) is 4.75. The van der Waals surface area contributed by atoms with E-state index in [9.17, 15) is 4.79 Å². The molecule has 0 bridgehead atoms. The highest BCUT2D eigenvalue weighted by Crippen LogP contribution is 2.07. The third-order valence-corrected chi connectivity index (χ3v) is 1.91. The van der Waals surface area contributed by atoms with Gasteiger partial charge in [0.25, 0.3) is 0 Å². The van der Waals surface area contributed by atoms with Crippen LogP contribution in [-0.4, -0.2) is 29.7 Å². The van der Waals surface area contributed by atoms with Gasteiger partial charge in [0.2, 0.25) is 0 Å². The molecule has 0 fully saturated rings. The summed E-state index contributed by atoms with van der Waals surface area (Å²) in [6.45, 7) is 0.867. The van der Waals surface area contributed by atoms with Crippen LogP contribution in [0.3, 0.4) is 0 Å². The number of aromatic carboxylic acids is 1. The van der Waals surface area contributed by atoms with Crippen molar-refractivity contribution in [3.05, 3.63) is 35.7 Å². The molecular formula is C11H14N2O2. The van der Waals surface area contributed by atoms with Crippen LogP contribution >= 0.6 is 0 Å². The number of nitrogens with one attached hydrogen (secondary N) is 1. The number of carboxylic acids is 1. The number of carbonyl (C=O) groups is 1. The predicted octanol–water partition coefficient (Wildman–Crippen LogP) is 1.40. The van der Waals surface area contributed by atoms with Crippen molar-refractivity contribution in [3.63, 3.8) is 0 Å². The molecule has 0 aliphatic heterocycles. The fraction of sp³-hybridized carbons (Fsp3) is 0.273. The Morgan fingerprint density at radius 1 is 1.67 bits per heavy atom. The van der Waals surface area contributed by atoms with Crippen LogP contribution in [0.2, 0.25) is 0 Å². The van der Waals surface area contributed by atoms with Gasteiger partial charge in [-0.1, -0.05) is 6.08 Å². The van der Waals surface area contributed by atoms with E-state index in [4.69, 9.17) is 5.11 Å². The van der Waals surface area contributed by atoms with Crippen LogP contribution in [-0.2, 0) is 0 Å². The smallest absolute Gasteiger partial charge is 0.337 e. The Morgan fingerprint density at radius 3 is 3.13 bits per heavy atom. The molecular weight excluding hydrogens is 192 g/mol. The zero-order valence-corrected chi connectivity index (χ0v) is 8.60. The van der Waals surface area contributed by atoms with Crippen LogP contribution in [0, 0.1) is 0 Å². The average molecular weight is 206 g/mol. The Balaban J connectivity index is 2.75. The highest BCUT2D eigenvalue weighted by molar-refractivity contribution is 5.91. The number of carboxylic acid groups (broad SMARTS) is 1. The van der Waals surface area contributed by atoms with E-state index in [2.05, 4.69) is 10.3 Å². The Kier molecular flexibility index (Phi) is 4.50. The number of nitrogens with zero attached hydrogens (tertiary/aromatic N) is 1. The highest BCUT2D eigenvalue weighted by Gasteiger charge is 2.06. The van der Waals surface area contributed by atoms with E-state index in [1.807, 2.05) is 13.1 Å². The Hall–Kier alpha value is -1.68. The van der Waals surface area contributed by atoms with Crippen molar-refractivity contribution in [1.82, 2.24) is 10.3 Å². The number of hydrogen-bond acceptors (Lipinski definition) is 3. The zero-order chi connectivity index (χ0) is 11.1. The number of rotatable bonds is 5. The maximum Gasteiger partial charge on any atom is 0.337 e. The summed E-state index contributed by atoms with van der Waals surface area (Å²) in [5, 5.41) is 11.9. The number of aromatic nitrogens is 1. The first-order valence-corrected chi connectivity index (χ1v) is 4.75. The third-order valence-electron chi connectivity index (χ3n) is 1.91. The van der Waals surface area contributed by atoms with Gasteiger partial charge in [-0.2, -0.15) is 0 Å². The van der Waals surface area contributed by atoms with Crippen molar-refractivity contribution in [1.29, 1.82) is 0 Å². The maximum absolute atomic E-state index is 10.8. The van der Waals surface area contributed by atoms with Gasteiger partial charge >= 0.3 is 5.97 Å². The molecule has 15 heavy (non-hydrogen) atoms. The van der Waals surface area contributed by atoms with Gasteiger partial charge in [-0.05, 0) is 38.2 Å². The zero-order valence-electron chi connectivity index (χ0n) is 8.60.